The molecule has 1 aliphatic heterocycles. The van der Waals surface area contributed by atoms with Crippen molar-refractivity contribution in [1.82, 2.24) is 0 Å². The first-order chi connectivity index (χ1) is 16.3. The van der Waals surface area contributed by atoms with E-state index in [1.54, 1.807) is 6.92 Å². The number of unbranched alkanes of at least 4 members (excludes halogenated alkanes) is 3. The number of allylic oxidation sites excluding steroid dienone is 2. The monoisotopic (exact) mass is 486 g/mol. The molecule has 34 heavy (non-hydrogen) atoms. The fourth-order valence-corrected chi connectivity index (χ4v) is 4.83. The number of esters is 1. The van der Waals surface area contributed by atoms with Crippen LogP contribution in [0.4, 0.5) is 8.78 Å². The van der Waals surface area contributed by atoms with Crippen molar-refractivity contribution in [3.8, 4) is 0 Å². The van der Waals surface area contributed by atoms with Gasteiger partial charge in [-0.15, -0.1) is 0 Å². The predicted octanol–water partition coefficient (Wildman–Crippen LogP) is 5.57. The molecule has 2 fully saturated rings. The van der Waals surface area contributed by atoms with Gasteiger partial charge in [-0.1, -0.05) is 32.3 Å². The zero-order valence-corrected chi connectivity index (χ0v) is 20.6. The SMILES string of the molecule is CCCC(F)(F)C(=O)C=CC[C@H]1[C@H](OC2CCCCO2)CC(=O)[C@@H]1CCCCCCC(=O)OC. The van der Waals surface area contributed by atoms with Gasteiger partial charge in [0.2, 0.25) is 5.78 Å². The Kier molecular flexibility index (Phi) is 12.3. The summed E-state index contributed by atoms with van der Waals surface area (Å²) in [5.41, 5.74) is 0. The zero-order valence-electron chi connectivity index (χ0n) is 20.6. The summed E-state index contributed by atoms with van der Waals surface area (Å²) in [6.07, 6.45) is 9.33. The van der Waals surface area contributed by atoms with Crippen LogP contribution in [-0.4, -0.2) is 49.6 Å². The van der Waals surface area contributed by atoms with Crippen LogP contribution in [0.5, 0.6) is 0 Å². The fraction of sp³-hybridized carbons (Fsp3) is 0.808. The van der Waals surface area contributed by atoms with Gasteiger partial charge in [0.05, 0.1) is 13.2 Å². The van der Waals surface area contributed by atoms with Crippen molar-refractivity contribution in [3.05, 3.63) is 12.2 Å². The molecule has 0 aromatic heterocycles. The quantitative estimate of drug-likeness (QED) is 0.171. The molecule has 0 aromatic carbocycles. The lowest BCUT2D eigenvalue weighted by atomic mass is 9.86. The minimum atomic E-state index is -3.35. The molecule has 2 rings (SSSR count). The van der Waals surface area contributed by atoms with E-state index < -0.39 is 18.1 Å². The molecule has 1 heterocycles. The molecule has 0 radical (unpaired) electrons. The molecule has 2 aliphatic rings. The summed E-state index contributed by atoms with van der Waals surface area (Å²) in [7, 11) is 1.37. The third-order valence-corrected chi connectivity index (χ3v) is 6.75. The van der Waals surface area contributed by atoms with Crippen LogP contribution in [0.2, 0.25) is 0 Å². The van der Waals surface area contributed by atoms with Gasteiger partial charge in [0.15, 0.2) is 6.29 Å². The number of ether oxygens (including phenoxy) is 3. The van der Waals surface area contributed by atoms with Gasteiger partial charge >= 0.3 is 11.9 Å². The summed E-state index contributed by atoms with van der Waals surface area (Å²) in [4.78, 5) is 36.0. The molecule has 1 saturated carbocycles. The number of rotatable bonds is 15. The third kappa shape index (κ3) is 9.17. The Labute approximate surface area is 201 Å². The van der Waals surface area contributed by atoms with Crippen molar-refractivity contribution in [2.45, 2.75) is 109 Å². The van der Waals surface area contributed by atoms with Crippen LogP contribution >= 0.6 is 0 Å². The number of hydrogen-bond donors (Lipinski definition) is 0. The minimum Gasteiger partial charge on any atom is -0.469 e. The van der Waals surface area contributed by atoms with E-state index >= 15 is 0 Å². The molecular formula is C26H40F2O6. The molecule has 4 atom stereocenters. The number of carbonyl (C=O) groups is 3. The molecule has 1 saturated heterocycles. The van der Waals surface area contributed by atoms with Crippen LogP contribution in [0.15, 0.2) is 12.2 Å². The van der Waals surface area contributed by atoms with Gasteiger partial charge in [0, 0.05) is 31.8 Å². The van der Waals surface area contributed by atoms with Gasteiger partial charge in [-0.3, -0.25) is 14.4 Å². The summed E-state index contributed by atoms with van der Waals surface area (Å²) >= 11 is 0. The number of hydrogen-bond acceptors (Lipinski definition) is 6. The van der Waals surface area contributed by atoms with Crippen LogP contribution in [-0.2, 0) is 28.6 Å². The second kappa shape index (κ2) is 14.7. The predicted molar refractivity (Wildman–Crippen MR) is 123 cm³/mol. The van der Waals surface area contributed by atoms with Crippen LogP contribution in [0, 0.1) is 11.8 Å². The van der Waals surface area contributed by atoms with Crippen LogP contribution in [0.1, 0.15) is 90.4 Å². The average Bonchev–Trinajstić information content (AvgIpc) is 3.10. The first-order valence-corrected chi connectivity index (χ1v) is 12.7. The summed E-state index contributed by atoms with van der Waals surface area (Å²) in [6.45, 7) is 2.25. The summed E-state index contributed by atoms with van der Waals surface area (Å²) < 4.78 is 44.2. The molecule has 8 heteroatoms. The number of Topliss-reactive ketones (excluding diaryl/α,β-unsaturated/α-hetero) is 1. The number of ketones is 2. The van der Waals surface area contributed by atoms with E-state index in [2.05, 4.69) is 4.74 Å². The van der Waals surface area contributed by atoms with Crippen molar-refractivity contribution in [1.29, 1.82) is 0 Å². The number of carbonyl (C=O) groups excluding carboxylic acids is 3. The topological polar surface area (TPSA) is 78.9 Å². The summed E-state index contributed by atoms with van der Waals surface area (Å²) in [5, 5.41) is 0. The molecular weight excluding hydrogens is 446 g/mol. The Hall–Kier alpha value is -1.67. The van der Waals surface area contributed by atoms with Gasteiger partial charge in [-0.2, -0.15) is 8.78 Å². The maximum atomic E-state index is 13.9. The summed E-state index contributed by atoms with van der Waals surface area (Å²) in [5.74, 6) is -5.04. The van der Waals surface area contributed by atoms with Crippen LogP contribution in [0.3, 0.4) is 0 Å². The number of halogens is 2. The van der Waals surface area contributed by atoms with Crippen LogP contribution < -0.4 is 0 Å². The highest BCUT2D eigenvalue weighted by Gasteiger charge is 2.43. The number of alkyl halides is 2. The van der Waals surface area contributed by atoms with Crippen molar-refractivity contribution in [2.75, 3.05) is 13.7 Å². The standard InChI is InChI=1S/C26H40F2O6/c1-3-16-26(27,28)23(30)13-10-12-20-19(11-6-4-5-7-14-24(31)32-2)21(29)18-22(20)34-25-15-8-9-17-33-25/h10,13,19-20,22,25H,3-9,11-12,14-18H2,1-2H3/t19-,20-,22-,25?/m1/s1. The minimum absolute atomic E-state index is 0.122. The Morgan fingerprint density at radius 3 is 2.62 bits per heavy atom. The maximum absolute atomic E-state index is 13.9. The van der Waals surface area contributed by atoms with E-state index in [0.29, 0.717) is 25.9 Å². The van der Waals surface area contributed by atoms with Gasteiger partial charge in [-0.05, 0) is 56.9 Å². The van der Waals surface area contributed by atoms with Gasteiger partial charge in [0.25, 0.3) is 0 Å². The molecule has 0 bridgehead atoms. The maximum Gasteiger partial charge on any atom is 0.309 e. The van der Waals surface area contributed by atoms with Crippen molar-refractivity contribution in [2.24, 2.45) is 11.8 Å². The Morgan fingerprint density at radius 1 is 1.18 bits per heavy atom. The molecule has 0 spiro atoms. The smallest absolute Gasteiger partial charge is 0.309 e. The zero-order chi connectivity index (χ0) is 25.0. The highest BCUT2D eigenvalue weighted by Crippen LogP contribution is 2.39. The van der Waals surface area contributed by atoms with Crippen molar-refractivity contribution in [3.63, 3.8) is 0 Å². The molecule has 194 valence electrons. The van der Waals surface area contributed by atoms with E-state index in [1.807, 2.05) is 0 Å². The highest BCUT2D eigenvalue weighted by molar-refractivity contribution is 5.95. The largest absolute Gasteiger partial charge is 0.469 e. The first-order valence-electron chi connectivity index (χ1n) is 12.7. The Morgan fingerprint density at radius 2 is 1.94 bits per heavy atom. The van der Waals surface area contributed by atoms with Gasteiger partial charge < -0.3 is 14.2 Å². The van der Waals surface area contributed by atoms with E-state index in [9.17, 15) is 23.2 Å². The Balaban J connectivity index is 1.95. The van der Waals surface area contributed by atoms with Gasteiger partial charge in [0.1, 0.15) is 5.78 Å². The molecule has 6 nitrogen and oxygen atoms in total. The second-order valence-electron chi connectivity index (χ2n) is 9.40. The Bertz CT molecular complexity index is 687. The molecule has 0 N–H and O–H groups in total. The second-order valence-corrected chi connectivity index (χ2v) is 9.40. The average molecular weight is 487 g/mol. The molecule has 0 aromatic rings. The number of methoxy groups -OCH3 is 1. The van der Waals surface area contributed by atoms with Crippen molar-refractivity contribution >= 4 is 17.5 Å². The lowest BCUT2D eigenvalue weighted by Gasteiger charge is -2.29. The third-order valence-electron chi connectivity index (χ3n) is 6.75. The van der Waals surface area contributed by atoms with E-state index in [-0.39, 0.29) is 48.8 Å². The lowest BCUT2D eigenvalue weighted by molar-refractivity contribution is -0.195. The molecule has 1 unspecified atom stereocenters. The van der Waals surface area contributed by atoms with E-state index in [1.165, 1.54) is 13.2 Å². The van der Waals surface area contributed by atoms with Gasteiger partial charge in [-0.25, -0.2) is 0 Å². The van der Waals surface area contributed by atoms with Crippen molar-refractivity contribution < 1.29 is 37.4 Å². The lowest BCUT2D eigenvalue weighted by Crippen LogP contribution is -2.31. The fourth-order valence-electron chi connectivity index (χ4n) is 4.83. The normalized spacial score (nSPS) is 25.7. The summed E-state index contributed by atoms with van der Waals surface area (Å²) in [6, 6.07) is 0. The molecule has 0 amide bonds. The van der Waals surface area contributed by atoms with Crippen LogP contribution in [0.25, 0.3) is 0 Å². The van der Waals surface area contributed by atoms with E-state index in [0.717, 1.165) is 51.0 Å². The highest BCUT2D eigenvalue weighted by atomic mass is 19.3. The molecule has 1 aliphatic carbocycles. The van der Waals surface area contributed by atoms with E-state index in [4.69, 9.17) is 9.47 Å². The first kappa shape index (κ1) is 28.6.